The lowest BCUT2D eigenvalue weighted by atomic mass is 9.91. The number of aromatic nitrogens is 5. The van der Waals surface area contributed by atoms with Gasteiger partial charge in [-0.25, -0.2) is 19.4 Å². The molecule has 154 valence electrons. The summed E-state index contributed by atoms with van der Waals surface area (Å²) in [6, 6.07) is 1.88. The first-order valence-corrected chi connectivity index (χ1v) is 12.0. The van der Waals surface area contributed by atoms with Gasteiger partial charge in [0, 0.05) is 45.5 Å². The molecule has 3 aromatic heterocycles. The van der Waals surface area contributed by atoms with Crippen molar-refractivity contribution in [3.05, 3.63) is 23.5 Å². The lowest BCUT2D eigenvalue weighted by Gasteiger charge is -2.37. The number of pyridine rings is 1. The van der Waals surface area contributed by atoms with Crippen LogP contribution in [-0.4, -0.2) is 56.8 Å². The van der Waals surface area contributed by atoms with Crippen molar-refractivity contribution in [2.24, 2.45) is 5.73 Å². The Labute approximate surface area is 180 Å². The summed E-state index contributed by atoms with van der Waals surface area (Å²) in [5.74, 6) is 1.52. The molecule has 0 bridgehead atoms. The van der Waals surface area contributed by atoms with Gasteiger partial charge in [-0.2, -0.15) is 5.10 Å². The lowest BCUT2D eigenvalue weighted by Crippen LogP contribution is -2.48. The van der Waals surface area contributed by atoms with E-state index in [1.165, 1.54) is 11.8 Å². The average Bonchev–Trinajstić information content (AvgIpc) is 3.06. The highest BCUT2D eigenvalue weighted by Crippen LogP contribution is 2.39. The van der Waals surface area contributed by atoms with E-state index in [0.717, 1.165) is 52.8 Å². The second kappa shape index (κ2) is 8.22. The third-order valence-electron chi connectivity index (χ3n) is 5.07. The van der Waals surface area contributed by atoms with Crippen LogP contribution >= 0.6 is 32.1 Å². The number of hydrogen-bond donors (Lipinski definition) is 2. The van der Waals surface area contributed by atoms with E-state index in [-0.39, 0.29) is 5.54 Å². The van der Waals surface area contributed by atoms with Crippen LogP contribution in [0.15, 0.2) is 28.4 Å². The number of piperidine rings is 1. The Morgan fingerprint density at radius 1 is 1.31 bits per heavy atom. The third-order valence-corrected chi connectivity index (χ3v) is 7.33. The van der Waals surface area contributed by atoms with E-state index >= 15 is 0 Å². The maximum atomic E-state index is 6.47. The Morgan fingerprint density at radius 3 is 2.76 bits per heavy atom. The van der Waals surface area contributed by atoms with Crippen LogP contribution in [0.4, 0.5) is 11.6 Å². The van der Waals surface area contributed by atoms with Gasteiger partial charge in [0.05, 0.1) is 11.2 Å². The molecule has 1 aliphatic rings. The minimum absolute atomic E-state index is 0.0968. The van der Waals surface area contributed by atoms with Crippen molar-refractivity contribution in [2.75, 3.05) is 37.0 Å². The Hall–Kier alpha value is -1.67. The molecular weight excluding hydrogens is 427 g/mol. The van der Waals surface area contributed by atoms with E-state index in [4.69, 9.17) is 32.4 Å². The quantitative estimate of drug-likeness (QED) is 0.570. The number of halogens is 1. The molecule has 3 N–H and O–H groups in total. The molecule has 0 radical (unpaired) electrons. The molecule has 3 aromatic rings. The topological polar surface area (TPSA) is 97.8 Å². The van der Waals surface area contributed by atoms with E-state index in [2.05, 4.69) is 28.8 Å². The van der Waals surface area contributed by atoms with Crippen LogP contribution in [0, 0.1) is 0 Å². The number of hydrogen-bond acceptors (Lipinski definition) is 8. The molecule has 1 fully saturated rings. The van der Waals surface area contributed by atoms with E-state index in [1.807, 2.05) is 16.7 Å². The second-order valence-corrected chi connectivity index (χ2v) is 9.59. The standard InChI is InChI=1S/C18H24ClN8PS/c1-18(20)5-8-26(9-6-18)12-10-23-14-16(24-12)27(28-3)25-17(14)29-11-4-7-22-15(21-2)13(11)19/h4,7,10,28H,5-6,8-9,20H2,1-3H3,(H,21,22). The Kier molecular flexibility index (Phi) is 5.84. The highest BCUT2D eigenvalue weighted by atomic mass is 35.5. The minimum Gasteiger partial charge on any atom is -0.372 e. The largest absolute Gasteiger partial charge is 0.372 e. The van der Waals surface area contributed by atoms with Gasteiger partial charge in [-0.15, -0.1) is 0 Å². The molecule has 1 saturated heterocycles. The van der Waals surface area contributed by atoms with Crippen LogP contribution in [-0.2, 0) is 0 Å². The van der Waals surface area contributed by atoms with Crippen molar-refractivity contribution in [2.45, 2.75) is 35.2 Å². The SMILES string of the molecule is CNc1nccc(Sc2nn(PC)c3nc(N4CCC(C)(N)CC4)cnc23)c1Cl. The number of nitrogens with zero attached hydrogens (tertiary/aromatic N) is 6. The van der Waals surface area contributed by atoms with Gasteiger partial charge in [0.15, 0.2) is 10.7 Å². The van der Waals surface area contributed by atoms with Gasteiger partial charge >= 0.3 is 0 Å². The summed E-state index contributed by atoms with van der Waals surface area (Å²) in [5.41, 5.74) is 7.75. The molecule has 8 nitrogen and oxygen atoms in total. The monoisotopic (exact) mass is 450 g/mol. The fraction of sp³-hybridized carbons (Fsp3) is 0.444. The number of rotatable bonds is 5. The van der Waals surface area contributed by atoms with Crippen LogP contribution in [0.5, 0.6) is 0 Å². The van der Waals surface area contributed by atoms with E-state index in [0.29, 0.717) is 19.6 Å². The maximum Gasteiger partial charge on any atom is 0.183 e. The van der Waals surface area contributed by atoms with Crippen LogP contribution in [0.25, 0.3) is 11.2 Å². The van der Waals surface area contributed by atoms with Crippen molar-refractivity contribution in [3.63, 3.8) is 0 Å². The number of nitrogens with one attached hydrogen (secondary N) is 1. The first kappa shape index (κ1) is 20.6. The van der Waals surface area contributed by atoms with Gasteiger partial charge in [-0.1, -0.05) is 23.4 Å². The summed E-state index contributed by atoms with van der Waals surface area (Å²) in [5, 5.41) is 9.10. The maximum absolute atomic E-state index is 6.47. The second-order valence-electron chi connectivity index (χ2n) is 7.31. The molecular formula is C18H24ClN8PS. The third kappa shape index (κ3) is 4.14. The Bertz CT molecular complexity index is 1030. The summed E-state index contributed by atoms with van der Waals surface area (Å²) < 4.78 is 1.92. The number of anilines is 2. The Morgan fingerprint density at radius 2 is 2.07 bits per heavy atom. The minimum atomic E-state index is -0.0968. The molecule has 0 amide bonds. The summed E-state index contributed by atoms with van der Waals surface area (Å²) in [6.45, 7) is 5.96. The van der Waals surface area contributed by atoms with Gasteiger partial charge < -0.3 is 16.0 Å². The lowest BCUT2D eigenvalue weighted by molar-refractivity contribution is 0.363. The zero-order chi connectivity index (χ0) is 20.6. The zero-order valence-corrected chi connectivity index (χ0v) is 19.2. The van der Waals surface area contributed by atoms with Crippen molar-refractivity contribution >= 4 is 54.9 Å². The van der Waals surface area contributed by atoms with Gasteiger partial charge in [-0.3, -0.25) is 0 Å². The zero-order valence-electron chi connectivity index (χ0n) is 16.6. The molecule has 29 heavy (non-hydrogen) atoms. The van der Waals surface area contributed by atoms with Gasteiger partial charge in [0.25, 0.3) is 0 Å². The number of fused-ring (bicyclic) bond motifs is 1. The highest BCUT2D eigenvalue weighted by molar-refractivity contribution is 7.99. The molecule has 0 aromatic carbocycles. The summed E-state index contributed by atoms with van der Waals surface area (Å²) in [4.78, 5) is 17.0. The molecule has 1 atom stereocenters. The first-order chi connectivity index (χ1) is 13.9. The van der Waals surface area contributed by atoms with Crippen LogP contribution < -0.4 is 16.0 Å². The van der Waals surface area contributed by atoms with Crippen molar-refractivity contribution < 1.29 is 0 Å². The van der Waals surface area contributed by atoms with Crippen LogP contribution in [0.1, 0.15) is 19.8 Å². The fourth-order valence-corrected chi connectivity index (χ4v) is 5.11. The predicted octanol–water partition coefficient (Wildman–Crippen LogP) is 3.46. The van der Waals surface area contributed by atoms with Crippen molar-refractivity contribution in [1.29, 1.82) is 0 Å². The average molecular weight is 451 g/mol. The first-order valence-electron chi connectivity index (χ1n) is 9.39. The van der Waals surface area contributed by atoms with Crippen LogP contribution in [0.3, 0.4) is 0 Å². The highest BCUT2D eigenvalue weighted by Gasteiger charge is 2.27. The van der Waals surface area contributed by atoms with Crippen molar-refractivity contribution in [3.8, 4) is 0 Å². The molecule has 11 heteroatoms. The van der Waals surface area contributed by atoms with Gasteiger partial charge in [-0.05, 0) is 32.5 Å². The summed E-state index contributed by atoms with van der Waals surface area (Å²) in [6.07, 6.45) is 5.45. The summed E-state index contributed by atoms with van der Waals surface area (Å²) in [7, 11) is 2.25. The molecule has 0 saturated carbocycles. The molecule has 1 aliphatic heterocycles. The van der Waals surface area contributed by atoms with E-state index in [9.17, 15) is 0 Å². The predicted molar refractivity (Wildman–Crippen MR) is 122 cm³/mol. The van der Waals surface area contributed by atoms with E-state index < -0.39 is 0 Å². The fourth-order valence-electron chi connectivity index (χ4n) is 3.26. The normalized spacial score (nSPS) is 16.8. The van der Waals surface area contributed by atoms with Gasteiger partial charge in [0.1, 0.15) is 17.2 Å². The molecule has 4 rings (SSSR count). The molecule has 0 spiro atoms. The molecule has 0 aliphatic carbocycles. The van der Waals surface area contributed by atoms with Gasteiger partial charge in [0.2, 0.25) is 0 Å². The van der Waals surface area contributed by atoms with Crippen molar-refractivity contribution in [1.82, 2.24) is 24.5 Å². The smallest absolute Gasteiger partial charge is 0.183 e. The Balaban J connectivity index is 1.67. The number of nitrogens with two attached hydrogens (primary N) is 1. The van der Waals surface area contributed by atoms with E-state index in [1.54, 1.807) is 13.2 Å². The molecule has 4 heterocycles. The molecule has 1 unspecified atom stereocenters. The van der Waals surface area contributed by atoms with Crippen LogP contribution in [0.2, 0.25) is 5.02 Å². The summed E-state index contributed by atoms with van der Waals surface area (Å²) >= 11 is 7.95.